The van der Waals surface area contributed by atoms with Crippen molar-refractivity contribution in [2.24, 2.45) is 0 Å². The van der Waals surface area contributed by atoms with E-state index in [1.807, 2.05) is 0 Å². The summed E-state index contributed by atoms with van der Waals surface area (Å²) < 4.78 is 37.2. The zero-order chi connectivity index (χ0) is 10.3. The van der Waals surface area contributed by atoms with E-state index in [2.05, 4.69) is 15.9 Å². The van der Waals surface area contributed by atoms with E-state index in [0.29, 0.717) is 0 Å². The summed E-state index contributed by atoms with van der Waals surface area (Å²) in [6, 6.07) is 0. The SMILES string of the molecule is CC1(Cl)C(C(F)(F)F)=CC=CC1Br. The lowest BCUT2D eigenvalue weighted by Crippen LogP contribution is -2.38. The summed E-state index contributed by atoms with van der Waals surface area (Å²) in [5.74, 6) is 0. The van der Waals surface area contributed by atoms with Gasteiger partial charge in [-0.3, -0.25) is 0 Å². The molecule has 0 heterocycles. The molecule has 1 rings (SSSR count). The molecule has 0 saturated heterocycles. The summed E-state index contributed by atoms with van der Waals surface area (Å²) in [6.45, 7) is 1.34. The quantitative estimate of drug-likeness (QED) is 0.590. The average molecular weight is 275 g/mol. The number of rotatable bonds is 0. The number of hydrogen-bond acceptors (Lipinski definition) is 0. The predicted molar refractivity (Wildman–Crippen MR) is 50.3 cm³/mol. The average Bonchev–Trinajstić information content (AvgIpc) is 1.92. The largest absolute Gasteiger partial charge is 0.414 e. The first kappa shape index (κ1) is 11.1. The molecule has 0 bridgehead atoms. The van der Waals surface area contributed by atoms with Gasteiger partial charge in [-0.2, -0.15) is 13.2 Å². The van der Waals surface area contributed by atoms with Gasteiger partial charge in [-0.1, -0.05) is 34.2 Å². The predicted octanol–water partition coefficient (Wildman–Crippen LogP) is 3.81. The van der Waals surface area contributed by atoms with Crippen molar-refractivity contribution in [2.45, 2.75) is 22.8 Å². The van der Waals surface area contributed by atoms with E-state index >= 15 is 0 Å². The van der Waals surface area contributed by atoms with Crippen LogP contribution in [-0.2, 0) is 0 Å². The van der Waals surface area contributed by atoms with E-state index < -0.39 is 21.5 Å². The topological polar surface area (TPSA) is 0 Å². The minimum absolute atomic E-state index is 0.497. The molecule has 0 radical (unpaired) electrons. The van der Waals surface area contributed by atoms with Crippen LogP contribution in [0.3, 0.4) is 0 Å². The van der Waals surface area contributed by atoms with Gasteiger partial charge in [0, 0.05) is 0 Å². The molecule has 0 N–H and O–H groups in total. The Kier molecular flexibility index (Phi) is 2.83. The van der Waals surface area contributed by atoms with E-state index in [9.17, 15) is 13.2 Å². The van der Waals surface area contributed by atoms with Crippen LogP contribution in [0.4, 0.5) is 13.2 Å². The molecule has 0 nitrogen and oxygen atoms in total. The molecule has 1 aliphatic rings. The second-order valence-corrected chi connectivity index (χ2v) is 4.71. The van der Waals surface area contributed by atoms with Crippen molar-refractivity contribution in [3.05, 3.63) is 23.8 Å². The van der Waals surface area contributed by atoms with Gasteiger partial charge in [0.2, 0.25) is 0 Å². The molecule has 13 heavy (non-hydrogen) atoms. The molecule has 0 aromatic heterocycles. The molecular weight excluding hydrogens is 268 g/mol. The minimum atomic E-state index is -4.37. The Morgan fingerprint density at radius 3 is 2.46 bits per heavy atom. The van der Waals surface area contributed by atoms with Crippen LogP contribution < -0.4 is 0 Å². The van der Waals surface area contributed by atoms with Crippen LogP contribution in [-0.4, -0.2) is 15.9 Å². The van der Waals surface area contributed by atoms with Crippen LogP contribution in [0.5, 0.6) is 0 Å². The van der Waals surface area contributed by atoms with Gasteiger partial charge >= 0.3 is 6.18 Å². The van der Waals surface area contributed by atoms with Crippen LogP contribution in [0.1, 0.15) is 6.92 Å². The van der Waals surface area contributed by atoms with Gasteiger partial charge in [-0.25, -0.2) is 0 Å². The van der Waals surface area contributed by atoms with Gasteiger partial charge in [0.25, 0.3) is 0 Å². The molecule has 1 aliphatic carbocycles. The van der Waals surface area contributed by atoms with E-state index in [1.54, 1.807) is 6.08 Å². The molecule has 0 fully saturated rings. The second-order valence-electron chi connectivity index (χ2n) is 2.94. The van der Waals surface area contributed by atoms with Gasteiger partial charge in [-0.05, 0) is 6.92 Å². The summed E-state index contributed by atoms with van der Waals surface area (Å²) in [6.07, 6.45) is -0.424. The highest BCUT2D eigenvalue weighted by molar-refractivity contribution is 9.09. The molecule has 74 valence electrons. The normalized spacial score (nSPS) is 34.6. The van der Waals surface area contributed by atoms with Gasteiger partial charge in [0.1, 0.15) is 0 Å². The maximum Gasteiger partial charge on any atom is 0.414 e. The number of alkyl halides is 5. The molecule has 0 aromatic carbocycles. The Morgan fingerprint density at radius 2 is 2.08 bits per heavy atom. The Morgan fingerprint density at radius 1 is 1.54 bits per heavy atom. The Bertz CT molecular complexity index is 265. The summed E-state index contributed by atoms with van der Waals surface area (Å²) in [7, 11) is 0. The van der Waals surface area contributed by atoms with Crippen molar-refractivity contribution in [2.75, 3.05) is 0 Å². The highest BCUT2D eigenvalue weighted by Gasteiger charge is 2.48. The molecule has 0 saturated carbocycles. The van der Waals surface area contributed by atoms with Crippen LogP contribution in [0.15, 0.2) is 23.8 Å². The van der Waals surface area contributed by atoms with E-state index in [-0.39, 0.29) is 0 Å². The van der Waals surface area contributed by atoms with Crippen molar-refractivity contribution in [3.8, 4) is 0 Å². The van der Waals surface area contributed by atoms with Gasteiger partial charge in [0.05, 0.1) is 15.3 Å². The second kappa shape index (κ2) is 3.31. The lowest BCUT2D eigenvalue weighted by atomic mass is 9.92. The number of allylic oxidation sites excluding steroid dienone is 4. The molecule has 2 atom stereocenters. The third-order valence-electron chi connectivity index (χ3n) is 1.89. The van der Waals surface area contributed by atoms with Crippen LogP contribution in [0.25, 0.3) is 0 Å². The van der Waals surface area contributed by atoms with Gasteiger partial charge < -0.3 is 0 Å². The molecule has 0 amide bonds. The zero-order valence-corrected chi connectivity index (χ0v) is 9.04. The lowest BCUT2D eigenvalue weighted by Gasteiger charge is -2.32. The first-order chi connectivity index (χ1) is 5.76. The third-order valence-corrected chi connectivity index (χ3v) is 3.82. The van der Waals surface area contributed by atoms with Crippen molar-refractivity contribution in [1.82, 2.24) is 0 Å². The Hall–Kier alpha value is 0.0400. The van der Waals surface area contributed by atoms with Crippen molar-refractivity contribution < 1.29 is 13.2 Å². The van der Waals surface area contributed by atoms with Crippen LogP contribution >= 0.6 is 27.5 Å². The fraction of sp³-hybridized carbons (Fsp3) is 0.500. The summed E-state index contributed by atoms with van der Waals surface area (Å²) in [5.41, 5.74) is -0.717. The molecule has 0 aliphatic heterocycles. The third kappa shape index (κ3) is 2.10. The lowest BCUT2D eigenvalue weighted by molar-refractivity contribution is -0.0966. The summed E-state index contributed by atoms with van der Waals surface area (Å²) in [4.78, 5) is -1.92. The minimum Gasteiger partial charge on any atom is -0.166 e. The summed E-state index contributed by atoms with van der Waals surface area (Å²) >= 11 is 8.87. The molecule has 2 unspecified atom stereocenters. The van der Waals surface area contributed by atoms with E-state index in [1.165, 1.54) is 13.0 Å². The summed E-state index contributed by atoms with van der Waals surface area (Å²) in [5, 5.41) is 0. The fourth-order valence-electron chi connectivity index (χ4n) is 1.11. The van der Waals surface area contributed by atoms with Crippen LogP contribution in [0, 0.1) is 0 Å². The number of halogens is 5. The maximum atomic E-state index is 12.4. The van der Waals surface area contributed by atoms with Crippen molar-refractivity contribution >= 4 is 27.5 Å². The highest BCUT2D eigenvalue weighted by atomic mass is 79.9. The van der Waals surface area contributed by atoms with Gasteiger partial charge in [0.15, 0.2) is 0 Å². The van der Waals surface area contributed by atoms with Crippen LogP contribution in [0.2, 0.25) is 0 Å². The first-order valence-corrected chi connectivity index (χ1v) is 4.85. The molecule has 5 heteroatoms. The monoisotopic (exact) mass is 274 g/mol. The number of hydrogen-bond donors (Lipinski definition) is 0. The standard InChI is InChI=1S/C8H7BrClF3/c1-7(10)5(8(11,12)13)3-2-4-6(7)9/h2-4,6H,1H3. The van der Waals surface area contributed by atoms with Crippen molar-refractivity contribution in [3.63, 3.8) is 0 Å². The van der Waals surface area contributed by atoms with E-state index in [0.717, 1.165) is 6.08 Å². The zero-order valence-electron chi connectivity index (χ0n) is 6.70. The Balaban J connectivity index is 3.09. The first-order valence-electron chi connectivity index (χ1n) is 3.55. The fourth-order valence-corrected chi connectivity index (χ4v) is 1.78. The van der Waals surface area contributed by atoms with Crippen molar-refractivity contribution in [1.29, 1.82) is 0 Å². The Labute approximate surface area is 87.6 Å². The smallest absolute Gasteiger partial charge is 0.166 e. The van der Waals surface area contributed by atoms with Gasteiger partial charge in [-0.15, -0.1) is 11.6 Å². The molecule has 0 aromatic rings. The van der Waals surface area contributed by atoms with E-state index in [4.69, 9.17) is 11.6 Å². The highest BCUT2D eigenvalue weighted by Crippen LogP contribution is 2.44. The molecular formula is C8H7BrClF3. The maximum absolute atomic E-state index is 12.4. The molecule has 0 spiro atoms.